The quantitative estimate of drug-likeness (QED) is 0.667. The molecule has 0 aliphatic rings. The molecule has 0 aliphatic heterocycles. The molecule has 1 unspecified atom stereocenters. The molecule has 62 valence electrons. The van der Waals surface area contributed by atoms with Crippen LogP contribution in [0.25, 0.3) is 0 Å². The van der Waals surface area contributed by atoms with Gasteiger partial charge in [0.2, 0.25) is 0 Å². The van der Waals surface area contributed by atoms with Crippen LogP contribution in [0.4, 0.5) is 0 Å². The Morgan fingerprint density at radius 3 is 2.67 bits per heavy atom. The Morgan fingerprint density at radius 1 is 1.67 bits per heavy atom. The summed E-state index contributed by atoms with van der Waals surface area (Å²) in [6, 6.07) is 5.28. The molecule has 0 radical (unpaired) electrons. The van der Waals surface area contributed by atoms with Crippen LogP contribution in [-0.4, -0.2) is 5.78 Å². The Hall–Kier alpha value is -1.56. The molecule has 0 saturated carbocycles. The fourth-order valence-electron chi connectivity index (χ4n) is 0.963. The van der Waals surface area contributed by atoms with Crippen LogP contribution in [0.15, 0.2) is 16.5 Å². The molecule has 0 spiro atoms. The molecular weight excluding hydrogens is 154 g/mol. The summed E-state index contributed by atoms with van der Waals surface area (Å²) in [5.41, 5.74) is 0. The first-order valence-corrected chi connectivity index (χ1v) is 3.61. The van der Waals surface area contributed by atoms with E-state index in [1.807, 2.05) is 6.07 Å². The predicted octanol–water partition coefficient (Wildman–Crippen LogP) is 1.78. The lowest BCUT2D eigenvalue weighted by Gasteiger charge is -1.98. The van der Waals surface area contributed by atoms with Crippen LogP contribution in [0.2, 0.25) is 0 Å². The third-order valence-electron chi connectivity index (χ3n) is 1.58. The molecule has 0 amide bonds. The highest BCUT2D eigenvalue weighted by Crippen LogP contribution is 2.18. The SMILES string of the molecule is CC(=O)C(C#N)c1ccc(C)o1. The summed E-state index contributed by atoms with van der Waals surface area (Å²) in [5, 5.41) is 8.63. The fourth-order valence-corrected chi connectivity index (χ4v) is 0.963. The zero-order chi connectivity index (χ0) is 9.14. The summed E-state index contributed by atoms with van der Waals surface area (Å²) < 4.78 is 5.15. The van der Waals surface area contributed by atoms with Crippen molar-refractivity contribution in [1.82, 2.24) is 0 Å². The number of aryl methyl sites for hydroxylation is 1. The van der Waals surface area contributed by atoms with Crippen molar-refractivity contribution < 1.29 is 9.21 Å². The minimum Gasteiger partial charge on any atom is -0.465 e. The van der Waals surface area contributed by atoms with Crippen molar-refractivity contribution in [2.45, 2.75) is 19.8 Å². The standard InChI is InChI=1S/C9H9NO2/c1-6-3-4-9(12-6)8(5-10)7(2)11/h3-4,8H,1-2H3. The number of nitriles is 1. The molecule has 12 heavy (non-hydrogen) atoms. The first-order valence-electron chi connectivity index (χ1n) is 3.61. The normalized spacial score (nSPS) is 12.1. The number of carbonyl (C=O) groups excluding carboxylic acids is 1. The van der Waals surface area contributed by atoms with Crippen molar-refractivity contribution in [3.05, 3.63) is 23.7 Å². The van der Waals surface area contributed by atoms with Crippen LogP contribution < -0.4 is 0 Å². The van der Waals surface area contributed by atoms with E-state index in [9.17, 15) is 4.79 Å². The van der Waals surface area contributed by atoms with Crippen molar-refractivity contribution in [3.63, 3.8) is 0 Å². The van der Waals surface area contributed by atoms with Gasteiger partial charge in [0.05, 0.1) is 6.07 Å². The maximum absolute atomic E-state index is 10.9. The highest BCUT2D eigenvalue weighted by molar-refractivity contribution is 5.85. The molecule has 3 nitrogen and oxygen atoms in total. The second-order valence-corrected chi connectivity index (χ2v) is 2.62. The summed E-state index contributed by atoms with van der Waals surface area (Å²) in [4.78, 5) is 10.9. The second kappa shape index (κ2) is 3.22. The first-order chi connectivity index (χ1) is 5.65. The summed E-state index contributed by atoms with van der Waals surface area (Å²) in [5.74, 6) is 0.208. The van der Waals surface area contributed by atoms with Gasteiger partial charge in [-0.15, -0.1) is 0 Å². The fraction of sp³-hybridized carbons (Fsp3) is 0.333. The van der Waals surface area contributed by atoms with E-state index in [4.69, 9.17) is 9.68 Å². The van der Waals surface area contributed by atoms with Gasteiger partial charge in [-0.1, -0.05) is 0 Å². The molecule has 0 N–H and O–H groups in total. The molecule has 0 aromatic carbocycles. The molecule has 0 fully saturated rings. The van der Waals surface area contributed by atoms with E-state index >= 15 is 0 Å². The van der Waals surface area contributed by atoms with Gasteiger partial charge in [-0.2, -0.15) is 5.26 Å². The zero-order valence-corrected chi connectivity index (χ0v) is 7.00. The van der Waals surface area contributed by atoms with Crippen molar-refractivity contribution >= 4 is 5.78 Å². The number of furan rings is 1. The number of hydrogen-bond acceptors (Lipinski definition) is 3. The summed E-state index contributed by atoms with van der Waals surface area (Å²) in [7, 11) is 0. The molecule has 1 aromatic rings. The Balaban J connectivity index is 2.97. The van der Waals surface area contributed by atoms with Crippen LogP contribution in [0.1, 0.15) is 24.4 Å². The van der Waals surface area contributed by atoms with Crippen LogP contribution in [0.5, 0.6) is 0 Å². The third kappa shape index (κ3) is 1.54. The van der Waals surface area contributed by atoms with Gasteiger partial charge >= 0.3 is 0 Å². The van der Waals surface area contributed by atoms with Crippen LogP contribution in [0, 0.1) is 18.3 Å². The van der Waals surface area contributed by atoms with Crippen molar-refractivity contribution in [2.24, 2.45) is 0 Å². The Kier molecular flexibility index (Phi) is 2.29. The van der Waals surface area contributed by atoms with Gasteiger partial charge in [0.25, 0.3) is 0 Å². The molecule has 0 bridgehead atoms. The number of carbonyl (C=O) groups is 1. The van der Waals surface area contributed by atoms with Crippen molar-refractivity contribution in [3.8, 4) is 6.07 Å². The van der Waals surface area contributed by atoms with E-state index in [0.29, 0.717) is 11.5 Å². The Labute approximate surface area is 70.6 Å². The molecule has 1 heterocycles. The van der Waals surface area contributed by atoms with Gasteiger partial charge in [0, 0.05) is 0 Å². The number of Topliss-reactive ketones (excluding diaryl/α,β-unsaturated/α-hetero) is 1. The van der Waals surface area contributed by atoms with Crippen LogP contribution in [0.3, 0.4) is 0 Å². The Bertz CT molecular complexity index is 333. The van der Waals surface area contributed by atoms with Crippen LogP contribution in [-0.2, 0) is 4.79 Å². The molecule has 0 saturated heterocycles. The summed E-state index contributed by atoms with van der Waals surface area (Å²) >= 11 is 0. The number of nitrogens with zero attached hydrogens (tertiary/aromatic N) is 1. The van der Waals surface area contributed by atoms with Crippen LogP contribution >= 0.6 is 0 Å². The van der Waals surface area contributed by atoms with Gasteiger partial charge in [-0.25, -0.2) is 0 Å². The minimum atomic E-state index is -0.751. The molecular formula is C9H9NO2. The molecule has 1 atom stereocenters. The topological polar surface area (TPSA) is 54.0 Å². The highest BCUT2D eigenvalue weighted by Gasteiger charge is 2.18. The first kappa shape index (κ1) is 8.54. The molecule has 1 rings (SSSR count). The average Bonchev–Trinajstić information content (AvgIpc) is 2.37. The van der Waals surface area contributed by atoms with E-state index in [1.165, 1.54) is 6.92 Å². The largest absolute Gasteiger partial charge is 0.465 e. The smallest absolute Gasteiger partial charge is 0.162 e. The lowest BCUT2D eigenvalue weighted by atomic mass is 10.1. The summed E-state index contributed by atoms with van der Waals surface area (Å²) in [6.07, 6.45) is 0. The van der Waals surface area contributed by atoms with Gasteiger partial charge in [0.15, 0.2) is 11.7 Å². The monoisotopic (exact) mass is 163 g/mol. The molecule has 1 aromatic heterocycles. The number of hydrogen-bond donors (Lipinski definition) is 0. The maximum atomic E-state index is 10.9. The van der Waals surface area contributed by atoms with E-state index in [1.54, 1.807) is 19.1 Å². The number of rotatable bonds is 2. The van der Waals surface area contributed by atoms with Gasteiger partial charge < -0.3 is 4.42 Å². The number of ketones is 1. The molecule has 3 heteroatoms. The predicted molar refractivity (Wildman–Crippen MR) is 42.5 cm³/mol. The van der Waals surface area contributed by atoms with E-state index in [2.05, 4.69) is 0 Å². The van der Waals surface area contributed by atoms with Gasteiger partial charge in [-0.05, 0) is 26.0 Å². The zero-order valence-electron chi connectivity index (χ0n) is 7.00. The Morgan fingerprint density at radius 2 is 2.33 bits per heavy atom. The minimum absolute atomic E-state index is 0.188. The summed E-state index contributed by atoms with van der Waals surface area (Å²) in [6.45, 7) is 3.16. The lowest BCUT2D eigenvalue weighted by Crippen LogP contribution is -2.04. The van der Waals surface area contributed by atoms with E-state index in [0.717, 1.165) is 0 Å². The van der Waals surface area contributed by atoms with Crippen molar-refractivity contribution in [2.75, 3.05) is 0 Å². The highest BCUT2D eigenvalue weighted by atomic mass is 16.3. The van der Waals surface area contributed by atoms with Gasteiger partial charge in [-0.3, -0.25) is 4.79 Å². The van der Waals surface area contributed by atoms with E-state index < -0.39 is 5.92 Å². The maximum Gasteiger partial charge on any atom is 0.162 e. The second-order valence-electron chi connectivity index (χ2n) is 2.62. The molecule has 0 aliphatic carbocycles. The van der Waals surface area contributed by atoms with Crippen molar-refractivity contribution in [1.29, 1.82) is 5.26 Å². The lowest BCUT2D eigenvalue weighted by molar-refractivity contribution is -0.117. The van der Waals surface area contributed by atoms with Gasteiger partial charge in [0.1, 0.15) is 11.5 Å². The average molecular weight is 163 g/mol. The third-order valence-corrected chi connectivity index (χ3v) is 1.58. The van der Waals surface area contributed by atoms with E-state index in [-0.39, 0.29) is 5.78 Å².